The normalized spacial score (nSPS) is 34.0. The Kier molecular flexibility index (Phi) is 6.39. The fourth-order valence-electron chi connectivity index (χ4n) is 4.95. The van der Waals surface area contributed by atoms with Crippen LogP contribution in [-0.4, -0.2) is 47.8 Å². The summed E-state index contributed by atoms with van der Waals surface area (Å²) in [6.07, 6.45) is 12.4. The van der Waals surface area contributed by atoms with E-state index < -0.39 is 0 Å². The van der Waals surface area contributed by atoms with Crippen molar-refractivity contribution >= 4 is 0 Å². The summed E-state index contributed by atoms with van der Waals surface area (Å²) in [5.74, 6) is 2.24. The van der Waals surface area contributed by atoms with Gasteiger partial charge < -0.3 is 10.4 Å². The highest BCUT2D eigenvalue weighted by atomic mass is 16.3. The Morgan fingerprint density at radius 3 is 2.30 bits per heavy atom. The SMILES string of the molecule is CC(O)C1CC(NCC2CCCCC2)CN(C(C)C2CCC2)C1. The molecule has 0 spiro atoms. The van der Waals surface area contributed by atoms with Crippen LogP contribution in [0.3, 0.4) is 0 Å². The van der Waals surface area contributed by atoms with Crippen LogP contribution in [0.15, 0.2) is 0 Å². The van der Waals surface area contributed by atoms with Crippen LogP contribution in [0.2, 0.25) is 0 Å². The smallest absolute Gasteiger partial charge is 0.0553 e. The molecule has 1 aliphatic heterocycles. The molecule has 134 valence electrons. The molecule has 0 aromatic carbocycles. The number of nitrogens with one attached hydrogen (secondary N) is 1. The van der Waals surface area contributed by atoms with E-state index in [4.69, 9.17) is 0 Å². The summed E-state index contributed by atoms with van der Waals surface area (Å²) in [5.41, 5.74) is 0. The van der Waals surface area contributed by atoms with E-state index >= 15 is 0 Å². The minimum absolute atomic E-state index is 0.176. The Labute approximate surface area is 143 Å². The van der Waals surface area contributed by atoms with Gasteiger partial charge in [-0.3, -0.25) is 4.90 Å². The molecule has 0 amide bonds. The maximum atomic E-state index is 10.2. The van der Waals surface area contributed by atoms with Gasteiger partial charge in [0.15, 0.2) is 0 Å². The molecule has 3 heteroatoms. The zero-order valence-electron chi connectivity index (χ0n) is 15.3. The van der Waals surface area contributed by atoms with Gasteiger partial charge in [0.1, 0.15) is 0 Å². The van der Waals surface area contributed by atoms with Crippen molar-refractivity contribution in [2.24, 2.45) is 17.8 Å². The Morgan fingerprint density at radius 1 is 0.957 bits per heavy atom. The first-order valence-electron chi connectivity index (χ1n) is 10.3. The van der Waals surface area contributed by atoms with Crippen LogP contribution in [0.25, 0.3) is 0 Å². The molecule has 23 heavy (non-hydrogen) atoms. The van der Waals surface area contributed by atoms with Gasteiger partial charge in [0, 0.05) is 25.2 Å². The van der Waals surface area contributed by atoms with Crippen molar-refractivity contribution in [2.75, 3.05) is 19.6 Å². The number of hydrogen-bond acceptors (Lipinski definition) is 3. The third-order valence-electron chi connectivity index (χ3n) is 7.02. The lowest BCUT2D eigenvalue weighted by atomic mass is 9.78. The number of aliphatic hydroxyl groups excluding tert-OH is 1. The molecule has 4 unspecified atom stereocenters. The van der Waals surface area contributed by atoms with Crippen molar-refractivity contribution in [2.45, 2.75) is 89.8 Å². The second-order valence-corrected chi connectivity index (χ2v) is 8.73. The van der Waals surface area contributed by atoms with Crippen LogP contribution in [0.5, 0.6) is 0 Å². The van der Waals surface area contributed by atoms with Gasteiger partial charge in [-0.1, -0.05) is 25.7 Å². The Bertz CT molecular complexity index is 350. The third-order valence-corrected chi connectivity index (χ3v) is 7.02. The molecule has 2 saturated carbocycles. The van der Waals surface area contributed by atoms with Gasteiger partial charge in [0.05, 0.1) is 6.10 Å². The van der Waals surface area contributed by atoms with Gasteiger partial charge in [0.25, 0.3) is 0 Å². The third kappa shape index (κ3) is 4.70. The summed E-state index contributed by atoms with van der Waals surface area (Å²) in [4.78, 5) is 2.68. The standard InChI is InChI=1S/C20H38N2O/c1-15(18-9-6-10-18)22-13-19(16(2)23)11-20(14-22)21-12-17-7-4-3-5-8-17/h15-21,23H,3-14H2,1-2H3. The second-order valence-electron chi connectivity index (χ2n) is 8.73. The van der Waals surface area contributed by atoms with Gasteiger partial charge >= 0.3 is 0 Å². The highest BCUT2D eigenvalue weighted by Crippen LogP contribution is 2.34. The van der Waals surface area contributed by atoms with Gasteiger partial charge in [-0.15, -0.1) is 0 Å². The summed E-state index contributed by atoms with van der Waals surface area (Å²) in [7, 11) is 0. The summed E-state index contributed by atoms with van der Waals surface area (Å²) in [6, 6.07) is 1.28. The maximum Gasteiger partial charge on any atom is 0.0553 e. The molecular formula is C20H38N2O. The Morgan fingerprint density at radius 2 is 1.70 bits per heavy atom. The number of likely N-dealkylation sites (tertiary alicyclic amines) is 1. The first kappa shape index (κ1) is 17.7. The second kappa shape index (κ2) is 8.31. The van der Waals surface area contributed by atoms with Gasteiger partial charge in [-0.2, -0.15) is 0 Å². The first-order chi connectivity index (χ1) is 11.1. The fraction of sp³-hybridized carbons (Fsp3) is 1.00. The summed E-state index contributed by atoms with van der Waals surface area (Å²) in [6.45, 7) is 7.89. The fourth-order valence-corrected chi connectivity index (χ4v) is 4.95. The number of nitrogens with zero attached hydrogens (tertiary/aromatic N) is 1. The van der Waals surface area contributed by atoms with E-state index in [9.17, 15) is 5.11 Å². The zero-order valence-corrected chi connectivity index (χ0v) is 15.3. The predicted molar refractivity (Wildman–Crippen MR) is 96.5 cm³/mol. The molecule has 4 atom stereocenters. The number of hydrogen-bond donors (Lipinski definition) is 2. The van der Waals surface area contributed by atoms with Crippen molar-refractivity contribution in [3.8, 4) is 0 Å². The number of piperidine rings is 1. The summed E-state index contributed by atoms with van der Waals surface area (Å²) < 4.78 is 0. The van der Waals surface area contributed by atoms with Crippen LogP contribution >= 0.6 is 0 Å². The highest BCUT2D eigenvalue weighted by Gasteiger charge is 2.36. The highest BCUT2D eigenvalue weighted by molar-refractivity contribution is 4.91. The number of rotatable bonds is 6. The molecule has 2 N–H and O–H groups in total. The van der Waals surface area contributed by atoms with E-state index in [0.717, 1.165) is 24.8 Å². The van der Waals surface area contributed by atoms with E-state index in [1.54, 1.807) is 0 Å². The molecule has 0 bridgehead atoms. The van der Waals surface area contributed by atoms with Crippen LogP contribution < -0.4 is 5.32 Å². The van der Waals surface area contributed by atoms with Crippen LogP contribution in [0.4, 0.5) is 0 Å². The quantitative estimate of drug-likeness (QED) is 0.786. The van der Waals surface area contributed by atoms with E-state index in [1.807, 2.05) is 6.92 Å². The molecular weight excluding hydrogens is 284 g/mol. The molecule has 1 saturated heterocycles. The molecule has 0 aromatic heterocycles. The largest absolute Gasteiger partial charge is 0.393 e. The van der Waals surface area contributed by atoms with Gasteiger partial charge in [-0.05, 0) is 70.3 Å². The maximum absolute atomic E-state index is 10.2. The lowest BCUT2D eigenvalue weighted by Gasteiger charge is -2.46. The van der Waals surface area contributed by atoms with E-state index in [2.05, 4.69) is 17.1 Å². The Hall–Kier alpha value is -0.120. The minimum atomic E-state index is -0.176. The van der Waals surface area contributed by atoms with E-state index in [1.165, 1.54) is 64.5 Å². The monoisotopic (exact) mass is 322 g/mol. The predicted octanol–water partition coefficient (Wildman–Crippen LogP) is 3.42. The molecule has 3 nitrogen and oxygen atoms in total. The number of aliphatic hydroxyl groups is 1. The van der Waals surface area contributed by atoms with Gasteiger partial charge in [0.2, 0.25) is 0 Å². The average molecular weight is 323 g/mol. The molecule has 3 fully saturated rings. The average Bonchev–Trinajstić information content (AvgIpc) is 2.52. The summed E-state index contributed by atoms with van der Waals surface area (Å²) >= 11 is 0. The van der Waals surface area contributed by atoms with Crippen LogP contribution in [-0.2, 0) is 0 Å². The molecule has 3 aliphatic rings. The molecule has 0 radical (unpaired) electrons. The first-order valence-corrected chi connectivity index (χ1v) is 10.3. The van der Waals surface area contributed by atoms with Crippen molar-refractivity contribution in [3.63, 3.8) is 0 Å². The van der Waals surface area contributed by atoms with Crippen molar-refractivity contribution < 1.29 is 5.11 Å². The van der Waals surface area contributed by atoms with Crippen molar-refractivity contribution in [3.05, 3.63) is 0 Å². The summed E-state index contributed by atoms with van der Waals surface area (Å²) in [5, 5.41) is 14.0. The minimum Gasteiger partial charge on any atom is -0.393 e. The van der Waals surface area contributed by atoms with Crippen molar-refractivity contribution in [1.82, 2.24) is 10.2 Å². The lowest BCUT2D eigenvalue weighted by Crippen LogP contribution is -2.56. The topological polar surface area (TPSA) is 35.5 Å². The molecule has 3 rings (SSSR count). The molecule has 2 aliphatic carbocycles. The Balaban J connectivity index is 1.52. The van der Waals surface area contributed by atoms with Crippen LogP contribution in [0, 0.1) is 17.8 Å². The van der Waals surface area contributed by atoms with Gasteiger partial charge in [-0.25, -0.2) is 0 Å². The van der Waals surface area contributed by atoms with Crippen LogP contribution in [0.1, 0.15) is 71.6 Å². The molecule has 0 aromatic rings. The van der Waals surface area contributed by atoms with E-state index in [-0.39, 0.29) is 6.10 Å². The zero-order chi connectivity index (χ0) is 16.2. The van der Waals surface area contributed by atoms with E-state index in [0.29, 0.717) is 18.0 Å². The lowest BCUT2D eigenvalue weighted by molar-refractivity contribution is 0.00784. The van der Waals surface area contributed by atoms with Crippen molar-refractivity contribution in [1.29, 1.82) is 0 Å². The molecule has 1 heterocycles.